The third-order valence-electron chi connectivity index (χ3n) is 6.37. The maximum atomic E-state index is 15.8. The van der Waals surface area contributed by atoms with Crippen molar-refractivity contribution < 1.29 is 31.8 Å². The maximum Gasteiger partial charge on any atom is 0.323 e. The third kappa shape index (κ3) is 6.93. The molecule has 4 rings (SSSR count). The highest BCUT2D eigenvalue weighted by Gasteiger charge is 2.58. The van der Waals surface area contributed by atoms with Crippen molar-refractivity contribution in [3.63, 3.8) is 0 Å². The topological polar surface area (TPSA) is 134 Å². The molecule has 0 aliphatic carbocycles. The molecule has 1 aromatic heterocycles. The van der Waals surface area contributed by atoms with Crippen molar-refractivity contribution in [2.24, 2.45) is 16.8 Å². The number of aromatic nitrogens is 1. The fourth-order valence-corrected chi connectivity index (χ4v) is 4.11. The van der Waals surface area contributed by atoms with Crippen molar-refractivity contribution in [3.05, 3.63) is 130 Å². The van der Waals surface area contributed by atoms with Crippen LogP contribution in [0.1, 0.15) is 33.5 Å². The molecule has 1 atom stereocenters. The molecule has 0 aliphatic heterocycles. The number of nitrogens with two attached hydrogens (primary N) is 2. The van der Waals surface area contributed by atoms with Gasteiger partial charge in [0.15, 0.2) is 5.60 Å². The Morgan fingerprint density at radius 2 is 1.66 bits per heavy atom. The molecule has 0 bridgehead atoms. The Kier molecular flexibility index (Phi) is 9.44. The fraction of sp³-hybridized carbons (Fsp3) is 0.129. The van der Waals surface area contributed by atoms with Gasteiger partial charge in [0.2, 0.25) is 0 Å². The minimum atomic E-state index is -4.28. The predicted octanol–water partition coefficient (Wildman–Crippen LogP) is 4.41. The number of rotatable bonds is 9. The summed E-state index contributed by atoms with van der Waals surface area (Å²) >= 11 is 0. The van der Waals surface area contributed by atoms with E-state index in [1.807, 2.05) is 0 Å². The van der Waals surface area contributed by atoms with Crippen LogP contribution in [0.3, 0.4) is 0 Å². The summed E-state index contributed by atoms with van der Waals surface area (Å²) in [6.45, 7) is -1.06. The number of hydrazone groups is 1. The van der Waals surface area contributed by atoms with Crippen molar-refractivity contribution in [1.82, 2.24) is 9.99 Å². The van der Waals surface area contributed by atoms with Crippen LogP contribution in [0, 0.1) is 40.6 Å². The number of nitriles is 1. The number of hydrazine groups is 1. The number of hydrogen-bond acceptors (Lipinski definition) is 7. The van der Waals surface area contributed by atoms with Gasteiger partial charge in [0.05, 0.1) is 12.1 Å². The number of benzene rings is 3. The molecule has 1 unspecified atom stereocenters. The summed E-state index contributed by atoms with van der Waals surface area (Å²) in [5, 5.41) is 23.6. The van der Waals surface area contributed by atoms with E-state index >= 15 is 8.78 Å². The van der Waals surface area contributed by atoms with Crippen LogP contribution in [0.15, 0.2) is 84.1 Å². The van der Waals surface area contributed by atoms with Gasteiger partial charge in [0.1, 0.15) is 47.9 Å². The zero-order valence-electron chi connectivity index (χ0n) is 22.7. The Bertz CT molecular complexity index is 1770. The molecular weight excluding hydrogens is 583 g/mol. The summed E-state index contributed by atoms with van der Waals surface area (Å²) in [6.07, 6.45) is 1.76. The largest absolute Gasteiger partial charge is 0.489 e. The first kappa shape index (κ1) is 31.4. The lowest BCUT2D eigenvalue weighted by atomic mass is 9.84. The lowest BCUT2D eigenvalue weighted by molar-refractivity contribution is -0.203. The molecule has 1 heterocycles. The Morgan fingerprint density at radius 3 is 2.30 bits per heavy atom. The second-order valence-corrected chi connectivity index (χ2v) is 9.42. The molecule has 8 nitrogen and oxygen atoms in total. The number of alkyl halides is 2. The molecule has 0 saturated carbocycles. The summed E-state index contributed by atoms with van der Waals surface area (Å²) in [5.74, 6) is 9.39. The van der Waals surface area contributed by atoms with Crippen LogP contribution >= 0.6 is 0 Å². The smallest absolute Gasteiger partial charge is 0.323 e. The summed E-state index contributed by atoms with van der Waals surface area (Å²) in [5.41, 5.74) is -4.14. The third-order valence-corrected chi connectivity index (χ3v) is 6.37. The second-order valence-electron chi connectivity index (χ2n) is 9.42. The van der Waals surface area contributed by atoms with Gasteiger partial charge in [-0.2, -0.15) is 19.1 Å². The molecular formula is C31H23F5N6O2. The highest BCUT2D eigenvalue weighted by Crippen LogP contribution is 2.46. The molecule has 0 amide bonds. The van der Waals surface area contributed by atoms with E-state index < -0.39 is 46.8 Å². The minimum Gasteiger partial charge on any atom is -0.489 e. The quantitative estimate of drug-likeness (QED) is 0.0642. The maximum absolute atomic E-state index is 15.8. The van der Waals surface area contributed by atoms with Crippen LogP contribution in [0.5, 0.6) is 5.75 Å². The van der Waals surface area contributed by atoms with Crippen LogP contribution in [0.25, 0.3) is 0 Å². The molecule has 13 heteroatoms. The molecule has 0 fully saturated rings. The van der Waals surface area contributed by atoms with Crippen molar-refractivity contribution >= 4 is 6.34 Å². The Balaban J connectivity index is 1.50. The van der Waals surface area contributed by atoms with E-state index in [-0.39, 0.29) is 17.7 Å². The minimum absolute atomic E-state index is 0.0623. The Labute approximate surface area is 248 Å². The molecule has 0 spiro atoms. The van der Waals surface area contributed by atoms with Crippen LogP contribution in [0.2, 0.25) is 0 Å². The first-order chi connectivity index (χ1) is 21.0. The van der Waals surface area contributed by atoms with E-state index in [1.54, 1.807) is 36.4 Å². The van der Waals surface area contributed by atoms with Gasteiger partial charge in [-0.1, -0.05) is 17.9 Å². The molecule has 44 heavy (non-hydrogen) atoms. The van der Waals surface area contributed by atoms with Crippen molar-refractivity contribution in [3.8, 4) is 23.7 Å². The van der Waals surface area contributed by atoms with Gasteiger partial charge in [0, 0.05) is 22.9 Å². The van der Waals surface area contributed by atoms with Crippen molar-refractivity contribution in [2.45, 2.75) is 18.1 Å². The van der Waals surface area contributed by atoms with Gasteiger partial charge in [-0.3, -0.25) is 9.99 Å². The normalized spacial score (nSPS) is 12.6. The first-order valence-electron chi connectivity index (χ1n) is 12.7. The summed E-state index contributed by atoms with van der Waals surface area (Å²) in [4.78, 5) is 3.73. The molecule has 0 aliphatic rings. The van der Waals surface area contributed by atoms with Crippen LogP contribution in [0.4, 0.5) is 22.0 Å². The van der Waals surface area contributed by atoms with Gasteiger partial charge >= 0.3 is 5.92 Å². The second kappa shape index (κ2) is 13.2. The first-order valence-corrected chi connectivity index (χ1v) is 12.7. The van der Waals surface area contributed by atoms with E-state index in [0.717, 1.165) is 18.6 Å². The van der Waals surface area contributed by atoms with Gasteiger partial charge in [-0.15, -0.1) is 0 Å². The van der Waals surface area contributed by atoms with E-state index in [2.05, 4.69) is 21.9 Å². The van der Waals surface area contributed by atoms with Gasteiger partial charge in [-0.05, 0) is 72.3 Å². The van der Waals surface area contributed by atoms with E-state index in [4.69, 9.17) is 21.7 Å². The number of halogens is 5. The summed E-state index contributed by atoms with van der Waals surface area (Å²) < 4.78 is 79.6. The number of aliphatic hydroxyl groups is 1. The highest BCUT2D eigenvalue weighted by molar-refractivity contribution is 5.54. The Morgan fingerprint density at radius 1 is 0.955 bits per heavy atom. The van der Waals surface area contributed by atoms with Crippen LogP contribution < -0.4 is 16.4 Å². The van der Waals surface area contributed by atoms with Gasteiger partial charge < -0.3 is 15.7 Å². The summed E-state index contributed by atoms with van der Waals surface area (Å²) in [6, 6.07) is 16.4. The van der Waals surface area contributed by atoms with Crippen LogP contribution in [-0.2, 0) is 18.1 Å². The zero-order chi connectivity index (χ0) is 31.9. The van der Waals surface area contributed by atoms with Crippen LogP contribution in [-0.4, -0.2) is 28.0 Å². The van der Waals surface area contributed by atoms with E-state index in [0.29, 0.717) is 40.1 Å². The number of pyridine rings is 1. The molecule has 0 saturated heterocycles. The predicted molar refractivity (Wildman–Crippen MR) is 150 cm³/mol. The highest BCUT2D eigenvalue weighted by atomic mass is 19.3. The summed E-state index contributed by atoms with van der Waals surface area (Å²) in [7, 11) is 0. The number of hydrogen-bond donors (Lipinski definition) is 3. The fourth-order valence-electron chi connectivity index (χ4n) is 4.11. The molecule has 0 radical (unpaired) electrons. The molecule has 5 N–H and O–H groups in total. The average Bonchev–Trinajstić information content (AvgIpc) is 3.01. The number of nitrogens with zero attached hydrogens (tertiary/aromatic N) is 4. The van der Waals surface area contributed by atoms with E-state index in [9.17, 15) is 18.3 Å². The van der Waals surface area contributed by atoms with Crippen molar-refractivity contribution in [1.29, 1.82) is 5.26 Å². The van der Waals surface area contributed by atoms with Crippen molar-refractivity contribution in [2.75, 3.05) is 6.54 Å². The number of ether oxygens (including phenoxy) is 1. The molecule has 4 aromatic rings. The lowest BCUT2D eigenvalue weighted by Crippen LogP contribution is -2.54. The lowest BCUT2D eigenvalue weighted by Gasteiger charge is -2.37. The van der Waals surface area contributed by atoms with Gasteiger partial charge in [0.25, 0.3) is 0 Å². The molecule has 224 valence electrons. The standard InChI is InChI=1S/C31H23F5N6O2/c32-24-8-11-27(33)26(14-24)30(43,18-42(39)19-41-38)31(35,36)29-12-6-21(16-40-29)2-1-20-4-9-25(10-5-20)44-17-22-3-7-23(15-37)28(34)13-22/h3-14,16,19,43H,17-18,38-39H2/b41-19-. The monoisotopic (exact) mass is 606 g/mol. The SMILES string of the molecule is N#Cc1ccc(COc2ccc(C#Cc3ccc(C(F)(F)C(O)(CN(N)/C=N\N)c4cc(F)ccc4F)nc3)cc2)cc1F. The zero-order valence-corrected chi connectivity index (χ0v) is 22.7. The van der Waals surface area contributed by atoms with E-state index in [1.165, 1.54) is 18.2 Å². The Hall–Kier alpha value is -5.50. The average molecular weight is 607 g/mol. The molecule has 3 aromatic carbocycles. The van der Waals surface area contributed by atoms with Gasteiger partial charge in [-0.25, -0.2) is 19.0 Å².